The molecule has 31 heavy (non-hydrogen) atoms. The van der Waals surface area contributed by atoms with Crippen LogP contribution in [0.25, 0.3) is 10.8 Å². The highest BCUT2D eigenvalue weighted by Gasteiger charge is 2.34. The lowest BCUT2D eigenvalue weighted by Crippen LogP contribution is -2.32. The predicted molar refractivity (Wildman–Crippen MR) is 131 cm³/mol. The monoisotopic (exact) mass is 426 g/mol. The molecule has 0 radical (unpaired) electrons. The number of ether oxygens (including phenoxy) is 1. The largest absolute Gasteiger partial charge is 0.497 e. The Morgan fingerprint density at radius 3 is 1.87 bits per heavy atom. The molecule has 0 fully saturated rings. The molecule has 0 spiro atoms. The Labute approximate surface area is 189 Å². The van der Waals surface area contributed by atoms with Crippen molar-refractivity contribution in [2.24, 2.45) is 0 Å². The van der Waals surface area contributed by atoms with Crippen LogP contribution in [0, 0.1) is 0 Å². The van der Waals surface area contributed by atoms with Gasteiger partial charge in [0.2, 0.25) is 0 Å². The van der Waals surface area contributed by atoms with Crippen LogP contribution in [-0.4, -0.2) is 18.2 Å². The summed E-state index contributed by atoms with van der Waals surface area (Å²) in [6.07, 6.45) is 16.1. The van der Waals surface area contributed by atoms with Gasteiger partial charge in [0.15, 0.2) is 0 Å². The van der Waals surface area contributed by atoms with Crippen molar-refractivity contribution in [3.05, 3.63) is 42.0 Å². The summed E-state index contributed by atoms with van der Waals surface area (Å²) in [6.45, 7) is 4.14. The molecule has 2 rings (SSSR count). The average molecular weight is 427 g/mol. The lowest BCUT2D eigenvalue weighted by atomic mass is 9.77. The topological polar surface area (TPSA) is 46.5 Å². The van der Waals surface area contributed by atoms with E-state index in [1.807, 2.05) is 43.3 Å². The van der Waals surface area contributed by atoms with Gasteiger partial charge in [-0.05, 0) is 41.8 Å². The first-order chi connectivity index (χ1) is 15.0. The molecule has 0 aliphatic rings. The summed E-state index contributed by atoms with van der Waals surface area (Å²) in [5.74, 6) is 0.0844. The average Bonchev–Trinajstić information content (AvgIpc) is 2.78. The minimum Gasteiger partial charge on any atom is -0.497 e. The van der Waals surface area contributed by atoms with Crippen LogP contribution in [0.5, 0.6) is 5.75 Å². The molecule has 2 aromatic carbocycles. The molecular formula is C28H42O3. The Kier molecular flexibility index (Phi) is 10.9. The molecule has 0 aromatic heterocycles. The van der Waals surface area contributed by atoms with E-state index < -0.39 is 11.4 Å². The van der Waals surface area contributed by atoms with Crippen LogP contribution in [0.1, 0.15) is 103 Å². The van der Waals surface area contributed by atoms with Gasteiger partial charge in [-0.15, -0.1) is 0 Å². The zero-order chi connectivity index (χ0) is 22.5. The number of hydrogen-bond acceptors (Lipinski definition) is 2. The molecule has 0 aliphatic heterocycles. The Morgan fingerprint density at radius 1 is 0.806 bits per heavy atom. The second kappa shape index (κ2) is 13.4. The van der Waals surface area contributed by atoms with Crippen molar-refractivity contribution in [3.63, 3.8) is 0 Å². The minimum absolute atomic E-state index is 0.682. The summed E-state index contributed by atoms with van der Waals surface area (Å²) in [6, 6.07) is 11.9. The zero-order valence-electron chi connectivity index (χ0n) is 19.9. The van der Waals surface area contributed by atoms with Gasteiger partial charge in [-0.2, -0.15) is 0 Å². The molecule has 3 nitrogen and oxygen atoms in total. The summed E-state index contributed by atoms with van der Waals surface area (Å²) < 4.78 is 5.29. The van der Waals surface area contributed by atoms with Gasteiger partial charge in [0, 0.05) is 0 Å². The Hall–Kier alpha value is -2.03. The molecule has 2 aromatic rings. The molecule has 172 valence electrons. The van der Waals surface area contributed by atoms with Gasteiger partial charge in [-0.3, -0.25) is 4.79 Å². The normalized spacial score (nSPS) is 13.3. The third-order valence-electron chi connectivity index (χ3n) is 6.69. The smallest absolute Gasteiger partial charge is 0.313 e. The van der Waals surface area contributed by atoms with Gasteiger partial charge in [0.1, 0.15) is 5.75 Å². The number of fused-ring (bicyclic) bond motifs is 1. The Balaban J connectivity index is 1.77. The van der Waals surface area contributed by atoms with E-state index >= 15 is 0 Å². The first-order valence-corrected chi connectivity index (χ1v) is 12.3. The summed E-state index contributed by atoms with van der Waals surface area (Å²) in [5.41, 5.74) is 0.0489. The molecule has 0 bridgehead atoms. The van der Waals surface area contributed by atoms with Gasteiger partial charge >= 0.3 is 5.97 Å². The maximum atomic E-state index is 12.2. The van der Waals surface area contributed by atoms with Crippen LogP contribution < -0.4 is 4.74 Å². The number of benzene rings is 2. The third kappa shape index (κ3) is 7.87. The SMILES string of the molecule is CCCCCCCCCCCCCC[C@](C)(C(=O)O)c1ccc2cc(OC)ccc2c1. The fraction of sp³-hybridized carbons (Fsp3) is 0.607. The van der Waals surface area contributed by atoms with Crippen LogP contribution in [0.15, 0.2) is 36.4 Å². The first-order valence-electron chi connectivity index (χ1n) is 12.3. The van der Waals surface area contributed by atoms with Crippen molar-refractivity contribution in [2.45, 2.75) is 103 Å². The summed E-state index contributed by atoms with van der Waals surface area (Å²) in [7, 11) is 1.66. The summed E-state index contributed by atoms with van der Waals surface area (Å²) in [5, 5.41) is 12.1. The van der Waals surface area contributed by atoms with Gasteiger partial charge in [-0.25, -0.2) is 0 Å². The van der Waals surface area contributed by atoms with Gasteiger partial charge in [0.05, 0.1) is 12.5 Å². The highest BCUT2D eigenvalue weighted by Crippen LogP contribution is 2.33. The second-order valence-corrected chi connectivity index (χ2v) is 9.20. The molecule has 0 saturated heterocycles. The van der Waals surface area contributed by atoms with E-state index in [2.05, 4.69) is 6.92 Å². The molecule has 0 amide bonds. The Morgan fingerprint density at radius 2 is 1.32 bits per heavy atom. The zero-order valence-corrected chi connectivity index (χ0v) is 19.9. The van der Waals surface area contributed by atoms with E-state index in [-0.39, 0.29) is 0 Å². The Bertz CT molecular complexity index is 798. The van der Waals surface area contributed by atoms with Crippen molar-refractivity contribution in [1.29, 1.82) is 0 Å². The standard InChI is InChI=1S/C28H42O3/c1-4-5-6-7-8-9-10-11-12-13-14-15-20-28(2,27(29)30)25-18-16-24-22-26(31-3)19-17-23(24)21-25/h16-19,21-22H,4-15,20H2,1-3H3,(H,29,30)/t28-/m0/s1. The van der Waals surface area contributed by atoms with E-state index in [1.165, 1.54) is 64.2 Å². The predicted octanol–water partition coefficient (Wildman–Crippen LogP) is 8.28. The maximum absolute atomic E-state index is 12.2. The molecular weight excluding hydrogens is 384 g/mol. The van der Waals surface area contributed by atoms with Crippen LogP contribution in [0.2, 0.25) is 0 Å². The van der Waals surface area contributed by atoms with Crippen LogP contribution >= 0.6 is 0 Å². The second-order valence-electron chi connectivity index (χ2n) is 9.20. The van der Waals surface area contributed by atoms with Crippen molar-refractivity contribution < 1.29 is 14.6 Å². The van der Waals surface area contributed by atoms with E-state index in [1.54, 1.807) is 7.11 Å². The number of carboxylic acids is 1. The van der Waals surface area contributed by atoms with Crippen molar-refractivity contribution in [3.8, 4) is 5.75 Å². The van der Waals surface area contributed by atoms with E-state index in [0.29, 0.717) is 6.42 Å². The molecule has 0 aliphatic carbocycles. The molecule has 1 N–H and O–H groups in total. The van der Waals surface area contributed by atoms with Crippen molar-refractivity contribution >= 4 is 16.7 Å². The number of carbonyl (C=O) groups is 1. The van der Waals surface area contributed by atoms with Crippen molar-refractivity contribution in [2.75, 3.05) is 7.11 Å². The van der Waals surface area contributed by atoms with Gasteiger partial charge in [0.25, 0.3) is 0 Å². The number of unbranched alkanes of at least 4 members (excludes halogenated alkanes) is 11. The van der Waals surface area contributed by atoms with Gasteiger partial charge < -0.3 is 9.84 Å². The van der Waals surface area contributed by atoms with Crippen molar-refractivity contribution in [1.82, 2.24) is 0 Å². The van der Waals surface area contributed by atoms with E-state index in [4.69, 9.17) is 4.74 Å². The van der Waals surface area contributed by atoms with Crippen LogP contribution in [0.4, 0.5) is 0 Å². The summed E-state index contributed by atoms with van der Waals surface area (Å²) >= 11 is 0. The number of methoxy groups -OCH3 is 1. The van der Waals surface area contributed by atoms with Crippen LogP contribution in [0.3, 0.4) is 0 Å². The highest BCUT2D eigenvalue weighted by molar-refractivity contribution is 5.88. The number of carboxylic acid groups (broad SMARTS) is 1. The summed E-state index contributed by atoms with van der Waals surface area (Å²) in [4.78, 5) is 12.2. The van der Waals surface area contributed by atoms with Gasteiger partial charge in [-0.1, -0.05) is 108 Å². The van der Waals surface area contributed by atoms with Crippen LogP contribution in [-0.2, 0) is 10.2 Å². The lowest BCUT2D eigenvalue weighted by molar-refractivity contribution is -0.143. The molecule has 0 saturated carbocycles. The number of hydrogen-bond donors (Lipinski definition) is 1. The first kappa shape index (κ1) is 25.2. The van der Waals surface area contributed by atoms with E-state index in [0.717, 1.165) is 34.9 Å². The highest BCUT2D eigenvalue weighted by atomic mass is 16.5. The molecule has 1 atom stereocenters. The molecule has 0 unspecified atom stereocenters. The lowest BCUT2D eigenvalue weighted by Gasteiger charge is -2.26. The third-order valence-corrected chi connectivity index (χ3v) is 6.69. The minimum atomic E-state index is -0.841. The quantitative estimate of drug-likeness (QED) is 0.275. The fourth-order valence-electron chi connectivity index (χ4n) is 4.39. The molecule has 3 heteroatoms. The molecule has 0 heterocycles. The van der Waals surface area contributed by atoms with E-state index in [9.17, 15) is 9.90 Å². The maximum Gasteiger partial charge on any atom is 0.313 e. The fourth-order valence-corrected chi connectivity index (χ4v) is 4.39. The number of aliphatic carboxylic acids is 1. The number of rotatable bonds is 16.